The molecule has 1 fully saturated rings. The van der Waals surface area contributed by atoms with E-state index in [0.29, 0.717) is 24.8 Å². The van der Waals surface area contributed by atoms with E-state index in [9.17, 15) is 4.79 Å². The summed E-state index contributed by atoms with van der Waals surface area (Å²) in [7, 11) is 1.60. The zero-order valence-corrected chi connectivity index (χ0v) is 11.8. The Kier molecular flexibility index (Phi) is 5.24. The van der Waals surface area contributed by atoms with Gasteiger partial charge in [-0.1, -0.05) is 6.07 Å². The van der Waals surface area contributed by atoms with E-state index in [-0.39, 0.29) is 12.6 Å². The van der Waals surface area contributed by atoms with Gasteiger partial charge >= 0.3 is 6.03 Å². The molecule has 20 heavy (non-hydrogen) atoms. The molecule has 0 bridgehead atoms. The molecule has 2 amide bonds. The molecule has 1 aliphatic rings. The highest BCUT2D eigenvalue weighted by Gasteiger charge is 2.28. The second-order valence-corrected chi connectivity index (χ2v) is 5.02. The summed E-state index contributed by atoms with van der Waals surface area (Å²) in [4.78, 5) is 14.2. The Balaban J connectivity index is 1.99. The second-order valence-electron chi connectivity index (χ2n) is 5.02. The Morgan fingerprint density at radius 1 is 1.50 bits per heavy atom. The number of nitrogens with zero attached hydrogens (tertiary/aromatic N) is 1. The van der Waals surface area contributed by atoms with Crippen molar-refractivity contribution in [3.63, 3.8) is 0 Å². The molecule has 0 radical (unpaired) electrons. The second kappa shape index (κ2) is 7.14. The van der Waals surface area contributed by atoms with Crippen molar-refractivity contribution in [1.29, 1.82) is 0 Å². The maximum Gasteiger partial charge on any atom is 0.322 e. The zero-order valence-electron chi connectivity index (χ0n) is 11.8. The molecule has 0 spiro atoms. The number of amides is 2. The SMILES string of the molecule is COc1cccc(NC(=O)N(CCCO)C2CCC2)c1. The van der Waals surface area contributed by atoms with E-state index >= 15 is 0 Å². The fourth-order valence-electron chi connectivity index (χ4n) is 2.29. The van der Waals surface area contributed by atoms with Gasteiger partial charge in [0.05, 0.1) is 7.11 Å². The smallest absolute Gasteiger partial charge is 0.322 e. The molecule has 1 aromatic rings. The van der Waals surface area contributed by atoms with Crippen molar-refractivity contribution in [1.82, 2.24) is 4.90 Å². The maximum absolute atomic E-state index is 12.3. The van der Waals surface area contributed by atoms with E-state index in [2.05, 4.69) is 5.32 Å². The van der Waals surface area contributed by atoms with Crippen molar-refractivity contribution in [2.45, 2.75) is 31.7 Å². The molecule has 2 rings (SSSR count). The lowest BCUT2D eigenvalue weighted by atomic mass is 9.91. The molecule has 0 saturated heterocycles. The van der Waals surface area contributed by atoms with Crippen LogP contribution in [0.3, 0.4) is 0 Å². The normalized spacial score (nSPS) is 14.5. The summed E-state index contributed by atoms with van der Waals surface area (Å²) in [5.41, 5.74) is 0.725. The predicted octanol–water partition coefficient (Wildman–Crippen LogP) is 2.46. The highest BCUT2D eigenvalue weighted by atomic mass is 16.5. The molecular weight excluding hydrogens is 256 g/mol. The van der Waals surface area contributed by atoms with Gasteiger partial charge in [-0.3, -0.25) is 0 Å². The summed E-state index contributed by atoms with van der Waals surface area (Å²) in [5, 5.41) is 11.9. The van der Waals surface area contributed by atoms with Gasteiger partial charge in [-0.2, -0.15) is 0 Å². The van der Waals surface area contributed by atoms with Crippen LogP contribution in [0.4, 0.5) is 10.5 Å². The molecule has 5 nitrogen and oxygen atoms in total. The highest BCUT2D eigenvalue weighted by molar-refractivity contribution is 5.89. The number of ether oxygens (including phenoxy) is 1. The number of hydrogen-bond acceptors (Lipinski definition) is 3. The molecular formula is C15H22N2O3. The summed E-state index contributed by atoms with van der Waals surface area (Å²) in [5.74, 6) is 0.716. The van der Waals surface area contributed by atoms with Crippen LogP contribution in [0.15, 0.2) is 24.3 Å². The highest BCUT2D eigenvalue weighted by Crippen LogP contribution is 2.26. The lowest BCUT2D eigenvalue weighted by molar-refractivity contribution is 0.140. The van der Waals surface area contributed by atoms with Crippen LogP contribution in [0, 0.1) is 0 Å². The number of aliphatic hydroxyl groups excluding tert-OH is 1. The number of carbonyl (C=O) groups excluding carboxylic acids is 1. The van der Waals surface area contributed by atoms with E-state index in [4.69, 9.17) is 9.84 Å². The van der Waals surface area contributed by atoms with Crippen molar-refractivity contribution in [3.05, 3.63) is 24.3 Å². The van der Waals surface area contributed by atoms with Gasteiger partial charge in [-0.25, -0.2) is 4.79 Å². The monoisotopic (exact) mass is 278 g/mol. The van der Waals surface area contributed by atoms with Gasteiger partial charge < -0.3 is 20.1 Å². The number of aliphatic hydroxyl groups is 1. The molecule has 1 saturated carbocycles. The number of carbonyl (C=O) groups is 1. The van der Waals surface area contributed by atoms with Gasteiger partial charge in [0, 0.05) is 30.9 Å². The van der Waals surface area contributed by atoms with Crippen LogP contribution in [0.25, 0.3) is 0 Å². The number of benzene rings is 1. The van der Waals surface area contributed by atoms with Crippen molar-refractivity contribution < 1.29 is 14.6 Å². The van der Waals surface area contributed by atoms with Crippen LogP contribution in [0.5, 0.6) is 5.75 Å². The average molecular weight is 278 g/mol. The van der Waals surface area contributed by atoms with E-state index in [1.54, 1.807) is 13.2 Å². The summed E-state index contributed by atoms with van der Waals surface area (Å²) in [6.07, 6.45) is 3.89. The molecule has 0 atom stereocenters. The predicted molar refractivity (Wildman–Crippen MR) is 78.1 cm³/mol. The summed E-state index contributed by atoms with van der Waals surface area (Å²) in [6.45, 7) is 0.701. The van der Waals surface area contributed by atoms with E-state index in [1.165, 1.54) is 6.42 Å². The number of hydrogen-bond donors (Lipinski definition) is 2. The third kappa shape index (κ3) is 3.63. The summed E-state index contributed by atoms with van der Waals surface area (Å²) >= 11 is 0. The van der Waals surface area contributed by atoms with Crippen LogP contribution in [0.1, 0.15) is 25.7 Å². The van der Waals surface area contributed by atoms with Crippen molar-refractivity contribution in [2.75, 3.05) is 25.6 Å². The Hall–Kier alpha value is -1.75. The van der Waals surface area contributed by atoms with Crippen molar-refractivity contribution >= 4 is 11.7 Å². The minimum Gasteiger partial charge on any atom is -0.497 e. The maximum atomic E-state index is 12.3. The lowest BCUT2D eigenvalue weighted by Crippen LogP contribution is -2.46. The Labute approximate surface area is 119 Å². The van der Waals surface area contributed by atoms with Crippen molar-refractivity contribution in [2.24, 2.45) is 0 Å². The Bertz CT molecular complexity index is 446. The van der Waals surface area contributed by atoms with Crippen LogP contribution >= 0.6 is 0 Å². The average Bonchev–Trinajstić information content (AvgIpc) is 2.41. The number of nitrogens with one attached hydrogen (secondary N) is 1. The van der Waals surface area contributed by atoms with E-state index in [1.807, 2.05) is 23.1 Å². The molecule has 0 unspecified atom stereocenters. The first-order valence-corrected chi connectivity index (χ1v) is 7.07. The van der Waals surface area contributed by atoms with E-state index in [0.717, 1.165) is 18.5 Å². The van der Waals surface area contributed by atoms with Gasteiger partial charge in [0.25, 0.3) is 0 Å². The molecule has 0 heterocycles. The van der Waals surface area contributed by atoms with Crippen molar-refractivity contribution in [3.8, 4) is 5.75 Å². The summed E-state index contributed by atoms with van der Waals surface area (Å²) < 4.78 is 5.14. The first kappa shape index (κ1) is 14.7. The number of rotatable bonds is 6. The van der Waals surface area contributed by atoms with Gasteiger partial charge in [0.2, 0.25) is 0 Å². The molecule has 1 aromatic carbocycles. The number of anilines is 1. The first-order chi connectivity index (χ1) is 9.74. The fraction of sp³-hybridized carbons (Fsp3) is 0.533. The van der Waals surface area contributed by atoms with Crippen LogP contribution in [-0.2, 0) is 0 Å². The molecule has 110 valence electrons. The van der Waals surface area contributed by atoms with Crippen LogP contribution in [-0.4, -0.2) is 42.3 Å². The van der Waals surface area contributed by atoms with Gasteiger partial charge in [-0.05, 0) is 37.8 Å². The topological polar surface area (TPSA) is 61.8 Å². The van der Waals surface area contributed by atoms with E-state index < -0.39 is 0 Å². The lowest BCUT2D eigenvalue weighted by Gasteiger charge is -2.37. The van der Waals surface area contributed by atoms with Gasteiger partial charge in [-0.15, -0.1) is 0 Å². The largest absolute Gasteiger partial charge is 0.497 e. The van der Waals surface area contributed by atoms with Crippen LogP contribution in [0.2, 0.25) is 0 Å². The Morgan fingerprint density at radius 3 is 2.90 bits per heavy atom. The zero-order chi connectivity index (χ0) is 14.4. The standard InChI is InChI=1S/C15H22N2O3/c1-20-14-8-2-5-12(11-14)16-15(19)17(9-4-10-18)13-6-3-7-13/h2,5,8,11,13,18H,3-4,6-7,9-10H2,1H3,(H,16,19). The number of urea groups is 1. The third-order valence-electron chi connectivity index (χ3n) is 3.65. The quantitative estimate of drug-likeness (QED) is 0.840. The minimum absolute atomic E-state index is 0.101. The molecule has 0 aliphatic heterocycles. The number of methoxy groups -OCH3 is 1. The van der Waals surface area contributed by atoms with Gasteiger partial charge in [0.1, 0.15) is 5.75 Å². The van der Waals surface area contributed by atoms with Crippen LogP contribution < -0.4 is 10.1 Å². The third-order valence-corrected chi connectivity index (χ3v) is 3.65. The summed E-state index contributed by atoms with van der Waals surface area (Å²) in [6, 6.07) is 7.53. The molecule has 1 aliphatic carbocycles. The first-order valence-electron chi connectivity index (χ1n) is 7.07. The Morgan fingerprint density at radius 2 is 2.30 bits per heavy atom. The molecule has 5 heteroatoms. The minimum atomic E-state index is -0.101. The fourth-order valence-corrected chi connectivity index (χ4v) is 2.29. The molecule has 2 N–H and O–H groups in total. The molecule has 0 aromatic heterocycles. The van der Waals surface area contributed by atoms with Gasteiger partial charge in [0.15, 0.2) is 0 Å².